The van der Waals surface area contributed by atoms with E-state index in [2.05, 4.69) is 9.97 Å². The number of likely N-dealkylation sites (tertiary alicyclic amines) is 1. The highest BCUT2D eigenvalue weighted by Crippen LogP contribution is 2.46. The second kappa shape index (κ2) is 5.79. The number of amides is 1. The summed E-state index contributed by atoms with van der Waals surface area (Å²) in [4.78, 5) is 22.6. The van der Waals surface area contributed by atoms with Crippen molar-refractivity contribution in [2.45, 2.75) is 24.2 Å². The number of rotatable bonds is 3. The molecule has 4 heterocycles. The largest absolute Gasteiger partial charge is 0.488 e. The van der Waals surface area contributed by atoms with Crippen LogP contribution in [0.1, 0.15) is 21.9 Å². The molecule has 1 spiro atoms. The van der Waals surface area contributed by atoms with Crippen molar-refractivity contribution in [1.29, 1.82) is 0 Å². The van der Waals surface area contributed by atoms with Crippen LogP contribution in [0.25, 0.3) is 0 Å². The Morgan fingerprint density at radius 1 is 1.48 bits per heavy atom. The van der Waals surface area contributed by atoms with Gasteiger partial charge in [-0.1, -0.05) is 0 Å². The predicted molar refractivity (Wildman–Crippen MR) is 91.2 cm³/mol. The van der Waals surface area contributed by atoms with Crippen molar-refractivity contribution >= 4 is 29.0 Å². The topological polar surface area (TPSA) is 55.3 Å². The summed E-state index contributed by atoms with van der Waals surface area (Å²) in [5, 5.41) is 2.78. The minimum absolute atomic E-state index is 0.0530. The highest BCUT2D eigenvalue weighted by molar-refractivity contribution is 8.01. The van der Waals surface area contributed by atoms with E-state index in [4.69, 9.17) is 4.74 Å². The lowest BCUT2D eigenvalue weighted by Gasteiger charge is -2.47. The molecule has 0 unspecified atom stereocenters. The summed E-state index contributed by atoms with van der Waals surface area (Å²) in [5.74, 6) is 1.84. The van der Waals surface area contributed by atoms with Crippen molar-refractivity contribution in [3.8, 4) is 5.75 Å². The summed E-state index contributed by atoms with van der Waals surface area (Å²) in [7, 11) is 0. The molecular formula is C16H17N3O2S2. The lowest BCUT2D eigenvalue weighted by Crippen LogP contribution is -2.60. The molecule has 0 radical (unpaired) electrons. The second-order valence-corrected chi connectivity index (χ2v) is 8.59. The lowest BCUT2D eigenvalue weighted by atomic mass is 9.92. The number of aromatic nitrogens is 2. The average molecular weight is 347 g/mol. The Bertz CT molecular complexity index is 713. The van der Waals surface area contributed by atoms with Crippen molar-refractivity contribution < 1.29 is 9.53 Å². The molecule has 120 valence electrons. The van der Waals surface area contributed by atoms with Crippen LogP contribution in [0.4, 0.5) is 0 Å². The molecule has 0 aromatic carbocycles. The minimum Gasteiger partial charge on any atom is -0.488 e. The molecule has 2 aliphatic rings. The molecule has 1 amide bonds. The van der Waals surface area contributed by atoms with Gasteiger partial charge in [0.1, 0.15) is 17.5 Å². The molecule has 2 aliphatic heterocycles. The number of hydrogen-bond donors (Lipinski definition) is 0. The molecule has 0 bridgehead atoms. The quantitative estimate of drug-likeness (QED) is 0.854. The van der Waals surface area contributed by atoms with Crippen molar-refractivity contribution in [2.24, 2.45) is 0 Å². The maximum atomic E-state index is 12.4. The van der Waals surface area contributed by atoms with Crippen molar-refractivity contribution in [2.75, 3.05) is 18.8 Å². The summed E-state index contributed by atoms with van der Waals surface area (Å²) in [6.07, 6.45) is 4.67. The van der Waals surface area contributed by atoms with Crippen molar-refractivity contribution in [3.63, 3.8) is 0 Å². The zero-order valence-electron chi connectivity index (χ0n) is 12.8. The first-order valence-electron chi connectivity index (χ1n) is 7.56. The Morgan fingerprint density at radius 2 is 2.35 bits per heavy atom. The highest BCUT2D eigenvalue weighted by Gasteiger charge is 2.51. The molecule has 1 atom stereocenters. The molecule has 2 aromatic rings. The maximum Gasteiger partial charge on any atom is 0.273 e. The first-order chi connectivity index (χ1) is 11.1. The normalized spacial score (nSPS) is 22.1. The number of nitrogens with zero attached hydrogens (tertiary/aromatic N) is 3. The van der Waals surface area contributed by atoms with E-state index in [1.807, 2.05) is 41.1 Å². The van der Waals surface area contributed by atoms with E-state index in [0.29, 0.717) is 5.69 Å². The maximum absolute atomic E-state index is 12.4. The van der Waals surface area contributed by atoms with Gasteiger partial charge >= 0.3 is 0 Å². The van der Waals surface area contributed by atoms with Gasteiger partial charge in [0.05, 0.1) is 16.0 Å². The fourth-order valence-electron chi connectivity index (χ4n) is 3.12. The molecule has 2 saturated heterocycles. The van der Waals surface area contributed by atoms with E-state index in [1.54, 1.807) is 12.4 Å². The van der Waals surface area contributed by atoms with E-state index in [-0.39, 0.29) is 16.8 Å². The van der Waals surface area contributed by atoms with Gasteiger partial charge in [-0.2, -0.15) is 0 Å². The fraction of sp³-hybridized carbons (Fsp3) is 0.438. The SMILES string of the molecule is Cc1nc(C(=O)N2CC3(C[C@@H](Oc4cccnc4)CS3)C2)cs1. The first-order valence-corrected chi connectivity index (χ1v) is 9.42. The van der Waals surface area contributed by atoms with Crippen LogP contribution in [-0.4, -0.2) is 50.5 Å². The molecular weight excluding hydrogens is 330 g/mol. The van der Waals surface area contributed by atoms with Crippen LogP contribution in [0.2, 0.25) is 0 Å². The average Bonchev–Trinajstić information content (AvgIpc) is 3.13. The fourth-order valence-corrected chi connectivity index (χ4v) is 5.23. The number of aryl methyl sites for hydroxylation is 1. The molecule has 0 N–H and O–H groups in total. The van der Waals surface area contributed by atoms with Gasteiger partial charge in [0.15, 0.2) is 0 Å². The third-order valence-electron chi connectivity index (χ3n) is 4.20. The third kappa shape index (κ3) is 2.95. The molecule has 2 aromatic heterocycles. The van der Waals surface area contributed by atoms with Crippen LogP contribution in [0.3, 0.4) is 0 Å². The Kier molecular flexibility index (Phi) is 3.77. The van der Waals surface area contributed by atoms with Gasteiger partial charge in [-0.15, -0.1) is 23.1 Å². The number of ether oxygens (including phenoxy) is 1. The summed E-state index contributed by atoms with van der Waals surface area (Å²) < 4.78 is 6.15. The van der Waals surface area contributed by atoms with Crippen molar-refractivity contribution in [1.82, 2.24) is 14.9 Å². The monoisotopic (exact) mass is 347 g/mol. The Labute approximate surface area is 143 Å². The number of carbonyl (C=O) groups is 1. The number of carbonyl (C=O) groups excluding carboxylic acids is 1. The molecule has 4 rings (SSSR count). The van der Waals surface area contributed by atoms with E-state index in [9.17, 15) is 4.79 Å². The number of thioether (sulfide) groups is 1. The van der Waals surface area contributed by atoms with E-state index >= 15 is 0 Å². The van der Waals surface area contributed by atoms with E-state index in [0.717, 1.165) is 36.0 Å². The lowest BCUT2D eigenvalue weighted by molar-refractivity contribution is 0.0512. The van der Waals surface area contributed by atoms with Gasteiger partial charge < -0.3 is 9.64 Å². The Balaban J connectivity index is 1.33. The molecule has 5 nitrogen and oxygen atoms in total. The third-order valence-corrected chi connectivity index (χ3v) is 6.54. The minimum atomic E-state index is 0.0530. The van der Waals surface area contributed by atoms with E-state index in [1.165, 1.54) is 11.3 Å². The Hall–Kier alpha value is -1.60. The number of thiazole rings is 1. The summed E-state index contributed by atoms with van der Waals surface area (Å²) in [6.45, 7) is 3.51. The van der Waals surface area contributed by atoms with Gasteiger partial charge in [-0.25, -0.2) is 4.98 Å². The zero-order valence-corrected chi connectivity index (χ0v) is 14.4. The molecule has 0 saturated carbocycles. The summed E-state index contributed by atoms with van der Waals surface area (Å²) in [5.41, 5.74) is 0.577. The second-order valence-electron chi connectivity index (χ2n) is 6.04. The van der Waals surface area contributed by atoms with Crippen LogP contribution >= 0.6 is 23.1 Å². The van der Waals surface area contributed by atoms with Gasteiger partial charge in [-0.3, -0.25) is 9.78 Å². The van der Waals surface area contributed by atoms with E-state index < -0.39 is 0 Å². The summed E-state index contributed by atoms with van der Waals surface area (Å²) >= 11 is 3.44. The van der Waals surface area contributed by atoms with Crippen LogP contribution in [0.15, 0.2) is 29.9 Å². The number of pyridine rings is 1. The van der Waals surface area contributed by atoms with Crippen molar-refractivity contribution in [3.05, 3.63) is 40.6 Å². The molecule has 7 heteroatoms. The molecule has 23 heavy (non-hydrogen) atoms. The summed E-state index contributed by atoms with van der Waals surface area (Å²) in [6, 6.07) is 3.82. The molecule has 2 fully saturated rings. The van der Waals surface area contributed by atoms with Gasteiger partial charge in [-0.05, 0) is 19.1 Å². The van der Waals surface area contributed by atoms with Gasteiger partial charge in [0.25, 0.3) is 5.91 Å². The first kappa shape index (κ1) is 15.0. The Morgan fingerprint density at radius 3 is 3.04 bits per heavy atom. The number of hydrogen-bond acceptors (Lipinski definition) is 6. The van der Waals surface area contributed by atoms with Crippen LogP contribution in [0, 0.1) is 6.92 Å². The predicted octanol–water partition coefficient (Wildman–Crippen LogP) is 2.63. The molecule has 0 aliphatic carbocycles. The zero-order chi connectivity index (χ0) is 15.9. The standard InChI is InChI=1S/C16H17N3O2S2/c1-11-18-14(8-22-11)15(20)19-9-16(10-19)5-13(7-23-16)21-12-3-2-4-17-6-12/h2-4,6,8,13H,5,7,9-10H2,1H3/t13-/m1/s1. The highest BCUT2D eigenvalue weighted by atomic mass is 32.2. The van der Waals surface area contributed by atoms with Crippen LogP contribution in [-0.2, 0) is 0 Å². The van der Waals surface area contributed by atoms with Crippen LogP contribution < -0.4 is 4.74 Å². The van der Waals surface area contributed by atoms with Gasteiger partial charge in [0.2, 0.25) is 0 Å². The van der Waals surface area contributed by atoms with Crippen LogP contribution in [0.5, 0.6) is 5.75 Å². The smallest absolute Gasteiger partial charge is 0.273 e. The van der Waals surface area contributed by atoms with Gasteiger partial charge in [0, 0.05) is 36.8 Å².